The van der Waals surface area contributed by atoms with Crippen LogP contribution in [0.4, 0.5) is 5.82 Å². The molecule has 170 valence electrons. The molecule has 33 heavy (non-hydrogen) atoms. The molecule has 1 amide bonds. The molecule has 7 nitrogen and oxygen atoms in total. The van der Waals surface area contributed by atoms with Gasteiger partial charge in [0.1, 0.15) is 5.82 Å². The first-order valence-corrected chi connectivity index (χ1v) is 11.0. The van der Waals surface area contributed by atoms with Crippen molar-refractivity contribution in [3.63, 3.8) is 0 Å². The standard InChI is InChI=1S/C26H28N4O3/c1-26(2,3)22-15-23(30(29-22)19-9-5-4-6-10-19)28-24(31)17-33-25(32)14-13-18-16-27-21-12-8-7-11-20(18)21/h4-12,15-16,27H,13-14,17H2,1-3H3,(H,28,31). The number of anilines is 1. The number of carbonyl (C=O) groups excluding carboxylic acids is 2. The molecule has 0 aliphatic carbocycles. The van der Waals surface area contributed by atoms with Crippen molar-refractivity contribution in [2.75, 3.05) is 11.9 Å². The van der Waals surface area contributed by atoms with Crippen LogP contribution in [0.1, 0.15) is 38.4 Å². The van der Waals surface area contributed by atoms with Crippen molar-refractivity contribution < 1.29 is 14.3 Å². The second-order valence-corrected chi connectivity index (χ2v) is 8.98. The highest BCUT2D eigenvalue weighted by molar-refractivity contribution is 5.92. The molecule has 0 fully saturated rings. The van der Waals surface area contributed by atoms with Crippen LogP contribution in [0.25, 0.3) is 16.6 Å². The Labute approximate surface area is 192 Å². The lowest BCUT2D eigenvalue weighted by molar-refractivity contribution is -0.147. The number of H-pyrrole nitrogens is 1. The fourth-order valence-corrected chi connectivity index (χ4v) is 3.57. The number of aromatic amines is 1. The van der Waals surface area contributed by atoms with Crippen molar-refractivity contribution in [2.24, 2.45) is 0 Å². The zero-order chi connectivity index (χ0) is 23.4. The van der Waals surface area contributed by atoms with Gasteiger partial charge in [0.15, 0.2) is 6.61 Å². The van der Waals surface area contributed by atoms with Gasteiger partial charge in [-0.05, 0) is 30.2 Å². The highest BCUT2D eigenvalue weighted by Crippen LogP contribution is 2.26. The maximum atomic E-state index is 12.5. The number of fused-ring (bicyclic) bond motifs is 1. The van der Waals surface area contributed by atoms with Crippen molar-refractivity contribution in [1.82, 2.24) is 14.8 Å². The lowest BCUT2D eigenvalue weighted by Gasteiger charge is -2.14. The summed E-state index contributed by atoms with van der Waals surface area (Å²) in [6.07, 6.45) is 2.65. The molecule has 4 rings (SSSR count). The Morgan fingerprint density at radius 1 is 1.06 bits per heavy atom. The molecular formula is C26H28N4O3. The fraction of sp³-hybridized carbons (Fsp3) is 0.269. The molecular weight excluding hydrogens is 416 g/mol. The third-order valence-electron chi connectivity index (χ3n) is 5.38. The summed E-state index contributed by atoms with van der Waals surface area (Å²) in [5.41, 5.74) is 3.57. The molecule has 4 aromatic rings. The number of hydrogen-bond acceptors (Lipinski definition) is 4. The smallest absolute Gasteiger partial charge is 0.306 e. The molecule has 0 saturated carbocycles. The van der Waals surface area contributed by atoms with E-state index >= 15 is 0 Å². The minimum absolute atomic E-state index is 0.186. The minimum atomic E-state index is -0.414. The summed E-state index contributed by atoms with van der Waals surface area (Å²) in [6.45, 7) is 5.83. The van der Waals surface area contributed by atoms with E-state index in [-0.39, 0.29) is 18.4 Å². The third-order valence-corrected chi connectivity index (χ3v) is 5.38. The summed E-state index contributed by atoms with van der Waals surface area (Å²) in [6, 6.07) is 19.4. The van der Waals surface area contributed by atoms with E-state index in [2.05, 4.69) is 36.2 Å². The largest absolute Gasteiger partial charge is 0.456 e. The highest BCUT2D eigenvalue weighted by Gasteiger charge is 2.21. The van der Waals surface area contributed by atoms with Crippen LogP contribution in [0, 0.1) is 0 Å². The summed E-state index contributed by atoms with van der Waals surface area (Å²) in [4.78, 5) is 28.0. The van der Waals surface area contributed by atoms with E-state index in [0.717, 1.165) is 27.8 Å². The van der Waals surface area contributed by atoms with Crippen LogP contribution in [0.15, 0.2) is 66.9 Å². The number of para-hydroxylation sites is 2. The first kappa shape index (κ1) is 22.3. The molecule has 2 aromatic heterocycles. The van der Waals surface area contributed by atoms with Gasteiger partial charge in [0.25, 0.3) is 5.91 Å². The molecule has 0 bridgehead atoms. The first-order chi connectivity index (χ1) is 15.8. The number of esters is 1. The van der Waals surface area contributed by atoms with Crippen LogP contribution < -0.4 is 5.32 Å². The third kappa shape index (κ3) is 5.31. The highest BCUT2D eigenvalue weighted by atomic mass is 16.5. The number of rotatable bonds is 7. The lowest BCUT2D eigenvalue weighted by Crippen LogP contribution is -2.22. The maximum Gasteiger partial charge on any atom is 0.306 e. The number of ether oxygens (including phenoxy) is 1. The number of nitrogens with one attached hydrogen (secondary N) is 2. The predicted octanol–water partition coefficient (Wildman–Crippen LogP) is 4.77. The van der Waals surface area contributed by atoms with Crippen LogP contribution >= 0.6 is 0 Å². The Balaban J connectivity index is 1.36. The van der Waals surface area contributed by atoms with E-state index in [1.165, 1.54) is 0 Å². The Hall–Kier alpha value is -3.87. The minimum Gasteiger partial charge on any atom is -0.456 e. The van der Waals surface area contributed by atoms with E-state index in [9.17, 15) is 9.59 Å². The molecule has 0 aliphatic rings. The summed E-state index contributed by atoms with van der Waals surface area (Å²) in [5.74, 6) is -0.290. The molecule has 0 radical (unpaired) electrons. The Kier molecular flexibility index (Phi) is 6.31. The van der Waals surface area contributed by atoms with Crippen molar-refractivity contribution in [3.05, 3.63) is 78.1 Å². The molecule has 0 saturated heterocycles. The van der Waals surface area contributed by atoms with Crippen LogP contribution in [0.5, 0.6) is 0 Å². The van der Waals surface area contributed by atoms with Gasteiger partial charge in [0.2, 0.25) is 0 Å². The molecule has 0 unspecified atom stereocenters. The van der Waals surface area contributed by atoms with E-state index in [1.54, 1.807) is 4.68 Å². The Morgan fingerprint density at radius 2 is 1.79 bits per heavy atom. The normalized spacial score (nSPS) is 11.5. The zero-order valence-corrected chi connectivity index (χ0v) is 19.1. The predicted molar refractivity (Wildman–Crippen MR) is 128 cm³/mol. The summed E-state index contributed by atoms with van der Waals surface area (Å²) in [7, 11) is 0. The van der Waals surface area contributed by atoms with Gasteiger partial charge in [-0.1, -0.05) is 57.2 Å². The van der Waals surface area contributed by atoms with Gasteiger partial charge in [-0.3, -0.25) is 9.59 Å². The van der Waals surface area contributed by atoms with Gasteiger partial charge in [0, 0.05) is 35.0 Å². The molecule has 2 N–H and O–H groups in total. The van der Waals surface area contributed by atoms with Crippen LogP contribution in [0.2, 0.25) is 0 Å². The second kappa shape index (κ2) is 9.32. The van der Waals surface area contributed by atoms with E-state index in [1.807, 2.05) is 66.9 Å². The van der Waals surface area contributed by atoms with E-state index < -0.39 is 11.9 Å². The average molecular weight is 445 g/mol. The number of aromatic nitrogens is 3. The SMILES string of the molecule is CC(C)(C)c1cc(NC(=O)COC(=O)CCc2c[nH]c3ccccc23)n(-c2ccccc2)n1. The van der Waals surface area contributed by atoms with Gasteiger partial charge in [0.05, 0.1) is 11.4 Å². The van der Waals surface area contributed by atoms with Gasteiger partial charge >= 0.3 is 5.97 Å². The molecule has 0 atom stereocenters. The summed E-state index contributed by atoms with van der Waals surface area (Å²) in [5, 5.41) is 8.59. The number of benzene rings is 2. The monoisotopic (exact) mass is 444 g/mol. The van der Waals surface area contributed by atoms with E-state index in [0.29, 0.717) is 12.2 Å². The number of hydrogen-bond donors (Lipinski definition) is 2. The van der Waals surface area contributed by atoms with Gasteiger partial charge in [-0.25, -0.2) is 4.68 Å². The Morgan fingerprint density at radius 3 is 2.55 bits per heavy atom. The van der Waals surface area contributed by atoms with Gasteiger partial charge < -0.3 is 15.0 Å². The Bertz CT molecular complexity index is 1270. The number of nitrogens with zero attached hydrogens (tertiary/aromatic N) is 2. The van der Waals surface area contributed by atoms with Crippen LogP contribution in [0.3, 0.4) is 0 Å². The van der Waals surface area contributed by atoms with Gasteiger partial charge in [-0.15, -0.1) is 0 Å². The second-order valence-electron chi connectivity index (χ2n) is 8.98. The van der Waals surface area contributed by atoms with Crippen LogP contribution in [-0.4, -0.2) is 33.2 Å². The quantitative estimate of drug-likeness (QED) is 0.402. The number of amides is 1. The van der Waals surface area contributed by atoms with Crippen molar-refractivity contribution in [3.8, 4) is 5.69 Å². The number of carbonyl (C=O) groups is 2. The lowest BCUT2D eigenvalue weighted by atomic mass is 9.92. The van der Waals surface area contributed by atoms with Crippen LogP contribution in [-0.2, 0) is 26.2 Å². The van der Waals surface area contributed by atoms with E-state index in [4.69, 9.17) is 4.74 Å². The molecule has 2 heterocycles. The fourth-order valence-electron chi connectivity index (χ4n) is 3.57. The summed E-state index contributed by atoms with van der Waals surface area (Å²) >= 11 is 0. The average Bonchev–Trinajstić information content (AvgIpc) is 3.41. The first-order valence-electron chi connectivity index (χ1n) is 11.0. The molecule has 0 spiro atoms. The summed E-state index contributed by atoms with van der Waals surface area (Å²) < 4.78 is 6.91. The van der Waals surface area contributed by atoms with Crippen molar-refractivity contribution in [2.45, 2.75) is 39.0 Å². The zero-order valence-electron chi connectivity index (χ0n) is 19.1. The van der Waals surface area contributed by atoms with Crippen molar-refractivity contribution in [1.29, 1.82) is 0 Å². The maximum absolute atomic E-state index is 12.5. The molecule has 0 aliphatic heterocycles. The number of aryl methyl sites for hydroxylation is 1. The molecule has 7 heteroatoms. The van der Waals surface area contributed by atoms with Crippen molar-refractivity contribution >= 4 is 28.6 Å². The topological polar surface area (TPSA) is 89.0 Å². The van der Waals surface area contributed by atoms with Gasteiger partial charge in [-0.2, -0.15) is 5.10 Å². The molecule has 2 aromatic carbocycles.